The Balaban J connectivity index is 1.51. The number of nitrogens with two attached hydrogens (primary N) is 1. The number of thiophene rings is 1. The van der Waals surface area contributed by atoms with E-state index in [9.17, 15) is 19.2 Å². The first-order chi connectivity index (χ1) is 18.8. The molecule has 0 saturated heterocycles. The highest BCUT2D eigenvalue weighted by molar-refractivity contribution is 8.00. The first kappa shape index (κ1) is 25.2. The molecule has 2 aliphatic rings. The number of fused-ring (bicyclic) bond motifs is 3. The maximum atomic E-state index is 13.7. The summed E-state index contributed by atoms with van der Waals surface area (Å²) in [6.45, 7) is 2.03. The number of carbonyl (C=O) groups is 1. The molecule has 1 amide bonds. The molecule has 196 valence electrons. The van der Waals surface area contributed by atoms with Crippen LogP contribution in [-0.2, 0) is 5.75 Å². The molecule has 2 aromatic heterocycles. The number of aromatic amines is 1. The van der Waals surface area contributed by atoms with Gasteiger partial charge in [-0.3, -0.25) is 9.59 Å². The van der Waals surface area contributed by atoms with Crippen LogP contribution in [0.25, 0.3) is 10.2 Å². The number of nitrogens with one attached hydrogen (secondary N) is 2. The first-order valence-electron chi connectivity index (χ1n) is 12.4. The molecule has 6 rings (SSSR count). The van der Waals surface area contributed by atoms with Crippen LogP contribution >= 0.6 is 23.1 Å². The van der Waals surface area contributed by atoms with Crippen LogP contribution in [0.4, 0.5) is 4.39 Å². The van der Waals surface area contributed by atoms with E-state index in [1.165, 1.54) is 47.4 Å². The Morgan fingerprint density at radius 1 is 1.23 bits per heavy atom. The summed E-state index contributed by atoms with van der Waals surface area (Å²) in [6.07, 6.45) is 1.85. The van der Waals surface area contributed by atoms with E-state index in [-0.39, 0.29) is 34.7 Å². The van der Waals surface area contributed by atoms with Gasteiger partial charge in [-0.25, -0.2) is 4.39 Å². The quantitative estimate of drug-likeness (QED) is 0.271. The van der Waals surface area contributed by atoms with Crippen molar-refractivity contribution in [3.05, 3.63) is 104 Å². The molecular weight excluding hydrogens is 535 g/mol. The van der Waals surface area contributed by atoms with Crippen molar-refractivity contribution < 1.29 is 13.9 Å². The van der Waals surface area contributed by atoms with Crippen molar-refractivity contribution in [1.29, 1.82) is 5.26 Å². The van der Waals surface area contributed by atoms with Crippen molar-refractivity contribution in [3.8, 4) is 11.8 Å². The van der Waals surface area contributed by atoms with Gasteiger partial charge in [0, 0.05) is 11.8 Å². The number of hydrogen-bond acceptors (Lipinski definition) is 7. The molecule has 0 radical (unpaired) electrons. The highest BCUT2D eigenvalue weighted by atomic mass is 32.2. The third kappa shape index (κ3) is 4.68. The number of aromatic nitrogens is 1. The number of thioether (sulfide) groups is 1. The molecule has 4 aromatic rings. The van der Waals surface area contributed by atoms with Crippen molar-refractivity contribution in [2.75, 3.05) is 0 Å². The second-order valence-corrected chi connectivity index (χ2v) is 11.9. The lowest BCUT2D eigenvalue weighted by molar-refractivity contribution is 0.0950. The summed E-state index contributed by atoms with van der Waals surface area (Å²) < 4.78 is 20.9. The van der Waals surface area contributed by atoms with Crippen LogP contribution in [0.2, 0.25) is 0 Å². The zero-order chi connectivity index (χ0) is 27.3. The van der Waals surface area contributed by atoms with Crippen LogP contribution in [0.1, 0.15) is 51.4 Å². The number of nitriles is 1. The van der Waals surface area contributed by atoms with Crippen molar-refractivity contribution >= 4 is 39.2 Å². The molecule has 10 heteroatoms. The first-order valence-corrected chi connectivity index (χ1v) is 14.2. The largest absolute Gasteiger partial charge is 0.438 e. The van der Waals surface area contributed by atoms with Gasteiger partial charge in [-0.15, -0.1) is 23.1 Å². The average molecular weight is 559 g/mol. The van der Waals surface area contributed by atoms with Gasteiger partial charge in [-0.1, -0.05) is 42.0 Å². The van der Waals surface area contributed by atoms with Gasteiger partial charge >= 0.3 is 0 Å². The molecule has 1 aliphatic carbocycles. The number of rotatable bonds is 6. The molecule has 1 fully saturated rings. The van der Waals surface area contributed by atoms with Gasteiger partial charge in [0.15, 0.2) is 5.75 Å². The van der Waals surface area contributed by atoms with Gasteiger partial charge in [0.25, 0.3) is 11.5 Å². The number of halogens is 1. The van der Waals surface area contributed by atoms with E-state index >= 15 is 0 Å². The second-order valence-electron chi connectivity index (χ2n) is 9.66. The lowest BCUT2D eigenvalue weighted by Gasteiger charge is -2.25. The van der Waals surface area contributed by atoms with Crippen molar-refractivity contribution in [3.63, 3.8) is 0 Å². The van der Waals surface area contributed by atoms with E-state index in [1.54, 1.807) is 0 Å². The number of amides is 1. The molecule has 0 bridgehead atoms. The molecular formula is C29H23FN4O3S2. The Morgan fingerprint density at radius 3 is 2.62 bits per heavy atom. The zero-order valence-electron chi connectivity index (χ0n) is 20.8. The summed E-state index contributed by atoms with van der Waals surface area (Å²) in [5.41, 5.74) is 9.53. The Labute approximate surface area is 231 Å². The van der Waals surface area contributed by atoms with E-state index in [2.05, 4.69) is 28.5 Å². The highest BCUT2D eigenvalue weighted by Crippen LogP contribution is 2.48. The normalized spacial score (nSPS) is 16.5. The van der Waals surface area contributed by atoms with Gasteiger partial charge in [0.1, 0.15) is 17.5 Å². The number of nitrogens with zero attached hydrogens (tertiary/aromatic N) is 1. The predicted molar refractivity (Wildman–Crippen MR) is 149 cm³/mol. The number of H-pyrrole nitrogens is 1. The summed E-state index contributed by atoms with van der Waals surface area (Å²) >= 11 is 2.85. The predicted octanol–water partition coefficient (Wildman–Crippen LogP) is 5.44. The Bertz CT molecular complexity index is 1750. The fourth-order valence-corrected chi connectivity index (χ4v) is 7.12. The average Bonchev–Trinajstić information content (AvgIpc) is 3.66. The number of benzene rings is 2. The number of hydrogen-bond donors (Lipinski definition) is 3. The molecule has 0 spiro atoms. The lowest BCUT2D eigenvalue weighted by atomic mass is 9.84. The maximum absolute atomic E-state index is 13.7. The smallest absolute Gasteiger partial charge is 0.256 e. The Morgan fingerprint density at radius 2 is 1.95 bits per heavy atom. The van der Waals surface area contributed by atoms with Gasteiger partial charge in [0.2, 0.25) is 5.88 Å². The molecule has 1 unspecified atom stereocenters. The number of ether oxygens (including phenoxy) is 1. The number of carbonyl (C=O) groups excluding carboxylic acids is 1. The minimum Gasteiger partial charge on any atom is -0.438 e. The van der Waals surface area contributed by atoms with Crippen LogP contribution in [0, 0.1) is 24.1 Å². The number of pyridine rings is 1. The highest BCUT2D eigenvalue weighted by Gasteiger charge is 2.37. The molecule has 2 aromatic carbocycles. The molecule has 1 saturated carbocycles. The van der Waals surface area contributed by atoms with Gasteiger partial charge in [-0.05, 0) is 43.0 Å². The molecule has 1 atom stereocenters. The van der Waals surface area contributed by atoms with E-state index in [0.29, 0.717) is 27.1 Å². The summed E-state index contributed by atoms with van der Waals surface area (Å²) in [6, 6.07) is 16.0. The van der Waals surface area contributed by atoms with E-state index in [4.69, 9.17) is 10.5 Å². The van der Waals surface area contributed by atoms with Crippen LogP contribution in [0.15, 0.2) is 69.0 Å². The number of aryl methyl sites for hydroxylation is 1. The zero-order valence-corrected chi connectivity index (χ0v) is 22.5. The fraction of sp³-hybridized carbons (Fsp3) is 0.207. The standard InChI is InChI=1S/C29H23FN4O3S2/c1-14-2-4-15(5-3-14)13-38-29-22(28(36)33-18-10-11-18)23-25(39-29)24-21(27(35)34-23)20(19(12-31)26(32)37-24)16-6-8-17(30)9-7-16/h2-9,18,20H,10-11,13,32H2,1H3,(H,33,36)(H,34,35). The topological polar surface area (TPSA) is 121 Å². The minimum atomic E-state index is -0.845. The second kappa shape index (κ2) is 9.91. The summed E-state index contributed by atoms with van der Waals surface area (Å²) in [5, 5.41) is 12.9. The fourth-order valence-electron chi connectivity index (χ4n) is 4.65. The van der Waals surface area contributed by atoms with Crippen LogP contribution in [0.3, 0.4) is 0 Å². The van der Waals surface area contributed by atoms with Gasteiger partial charge in [-0.2, -0.15) is 5.26 Å². The minimum absolute atomic E-state index is 0.0659. The Hall–Kier alpha value is -4.07. The van der Waals surface area contributed by atoms with Gasteiger partial charge in [0.05, 0.1) is 31.5 Å². The van der Waals surface area contributed by atoms with Crippen molar-refractivity contribution in [2.45, 2.75) is 41.7 Å². The molecule has 3 heterocycles. The van der Waals surface area contributed by atoms with Crippen molar-refractivity contribution in [1.82, 2.24) is 10.3 Å². The van der Waals surface area contributed by atoms with Crippen LogP contribution in [0.5, 0.6) is 5.75 Å². The SMILES string of the molecule is Cc1ccc(CSc2sc3c4c(c(=O)[nH]c3c2C(=O)NC2CC2)C(c2ccc(F)cc2)C(C#N)=C(N)O4)cc1. The molecule has 7 nitrogen and oxygen atoms in total. The van der Waals surface area contributed by atoms with Crippen molar-refractivity contribution in [2.24, 2.45) is 5.73 Å². The van der Waals surface area contributed by atoms with Crippen LogP contribution in [-0.4, -0.2) is 16.9 Å². The van der Waals surface area contributed by atoms with E-state index < -0.39 is 17.3 Å². The van der Waals surface area contributed by atoms with Crippen LogP contribution < -0.4 is 21.3 Å². The number of allylic oxidation sites excluding steroid dienone is 1. The summed E-state index contributed by atoms with van der Waals surface area (Å²) in [5.74, 6) is -0.821. The summed E-state index contributed by atoms with van der Waals surface area (Å²) in [4.78, 5) is 29.9. The van der Waals surface area contributed by atoms with E-state index in [1.807, 2.05) is 19.1 Å². The third-order valence-corrected chi connectivity index (χ3v) is 9.35. The summed E-state index contributed by atoms with van der Waals surface area (Å²) in [7, 11) is 0. The maximum Gasteiger partial charge on any atom is 0.256 e. The molecule has 39 heavy (non-hydrogen) atoms. The van der Waals surface area contributed by atoms with Gasteiger partial charge < -0.3 is 20.8 Å². The third-order valence-electron chi connectivity index (χ3n) is 6.82. The molecule has 4 N–H and O–H groups in total. The molecule has 1 aliphatic heterocycles. The Kier molecular flexibility index (Phi) is 6.41. The monoisotopic (exact) mass is 558 g/mol. The van der Waals surface area contributed by atoms with E-state index in [0.717, 1.165) is 28.2 Å². The lowest BCUT2D eigenvalue weighted by Crippen LogP contribution is -2.29.